The third kappa shape index (κ3) is 4.68. The van der Waals surface area contributed by atoms with E-state index in [1.165, 1.54) is 5.56 Å². The predicted molar refractivity (Wildman–Crippen MR) is 110 cm³/mol. The van der Waals surface area contributed by atoms with E-state index < -0.39 is 0 Å². The SMILES string of the molecule is Cc1[nH]ncc1CCCNCc1cnc2c(c1)c(C#N)cn2C(C)(C)C.Cl. The normalized spacial score (nSPS) is 11.4. The summed E-state index contributed by atoms with van der Waals surface area (Å²) >= 11 is 0. The molecule has 0 unspecified atom stereocenters. The number of pyridine rings is 1. The van der Waals surface area contributed by atoms with E-state index >= 15 is 0 Å². The zero-order valence-electron chi connectivity index (χ0n) is 16.3. The maximum atomic E-state index is 9.45. The first-order valence-corrected chi connectivity index (χ1v) is 9.00. The Balaban J connectivity index is 0.00000261. The van der Waals surface area contributed by atoms with Gasteiger partial charge in [0.2, 0.25) is 0 Å². The lowest BCUT2D eigenvalue weighted by Gasteiger charge is -2.21. The molecule has 3 rings (SSSR count). The van der Waals surface area contributed by atoms with E-state index in [1.54, 1.807) is 0 Å². The Morgan fingerprint density at radius 2 is 2.07 bits per heavy atom. The molecule has 0 fully saturated rings. The number of nitrogens with one attached hydrogen (secondary N) is 2. The fraction of sp³-hybridized carbons (Fsp3) is 0.450. The highest BCUT2D eigenvalue weighted by Gasteiger charge is 2.19. The minimum atomic E-state index is -0.106. The number of hydrogen-bond donors (Lipinski definition) is 2. The van der Waals surface area contributed by atoms with E-state index in [0.717, 1.165) is 48.2 Å². The van der Waals surface area contributed by atoms with E-state index in [0.29, 0.717) is 5.56 Å². The number of nitrogens with zero attached hydrogens (tertiary/aromatic N) is 4. The minimum Gasteiger partial charge on any atom is -0.326 e. The van der Waals surface area contributed by atoms with E-state index in [2.05, 4.69) is 58.0 Å². The van der Waals surface area contributed by atoms with Crippen LogP contribution in [0.3, 0.4) is 0 Å². The molecule has 7 heteroatoms. The Labute approximate surface area is 166 Å². The van der Waals surface area contributed by atoms with Crippen LogP contribution in [-0.4, -0.2) is 26.3 Å². The van der Waals surface area contributed by atoms with E-state index in [-0.39, 0.29) is 17.9 Å². The summed E-state index contributed by atoms with van der Waals surface area (Å²) in [5, 5.41) is 20.9. The van der Waals surface area contributed by atoms with Crippen LogP contribution in [0.4, 0.5) is 0 Å². The Hall–Kier alpha value is -2.36. The third-order valence-corrected chi connectivity index (χ3v) is 4.61. The molecule has 27 heavy (non-hydrogen) atoms. The van der Waals surface area contributed by atoms with Gasteiger partial charge in [0.25, 0.3) is 0 Å². The van der Waals surface area contributed by atoms with Crippen LogP contribution in [0.2, 0.25) is 0 Å². The highest BCUT2D eigenvalue weighted by molar-refractivity contribution is 5.85. The number of hydrogen-bond acceptors (Lipinski definition) is 4. The quantitative estimate of drug-likeness (QED) is 0.630. The number of aromatic amines is 1. The lowest BCUT2D eigenvalue weighted by atomic mass is 10.1. The number of H-pyrrole nitrogens is 1. The number of fused-ring (bicyclic) bond motifs is 1. The second kappa shape index (κ2) is 8.55. The monoisotopic (exact) mass is 386 g/mol. The van der Waals surface area contributed by atoms with Gasteiger partial charge in [0.15, 0.2) is 0 Å². The number of nitriles is 1. The van der Waals surface area contributed by atoms with Crippen molar-refractivity contribution in [2.75, 3.05) is 6.54 Å². The van der Waals surface area contributed by atoms with Gasteiger partial charge in [-0.25, -0.2) is 4.98 Å². The summed E-state index contributed by atoms with van der Waals surface area (Å²) < 4.78 is 2.07. The van der Waals surface area contributed by atoms with Crippen LogP contribution in [0.25, 0.3) is 11.0 Å². The number of halogens is 1. The van der Waals surface area contributed by atoms with E-state index in [1.807, 2.05) is 25.5 Å². The van der Waals surface area contributed by atoms with Crippen molar-refractivity contribution < 1.29 is 0 Å². The fourth-order valence-electron chi connectivity index (χ4n) is 3.11. The standard InChI is InChI=1S/C20H26N6.ClH/c1-14-16(12-24-25-14)6-5-7-22-10-15-8-18-17(9-21)13-26(20(2,3)4)19(18)23-11-15;/h8,11-13,22H,5-7,10H2,1-4H3,(H,24,25);1H. The van der Waals surface area contributed by atoms with Crippen molar-refractivity contribution in [1.29, 1.82) is 5.26 Å². The third-order valence-electron chi connectivity index (χ3n) is 4.61. The Kier molecular flexibility index (Phi) is 6.63. The molecule has 0 radical (unpaired) electrons. The number of rotatable bonds is 6. The van der Waals surface area contributed by atoms with Crippen LogP contribution >= 0.6 is 12.4 Å². The summed E-state index contributed by atoms with van der Waals surface area (Å²) in [5.74, 6) is 0. The maximum absolute atomic E-state index is 9.45. The molecule has 6 nitrogen and oxygen atoms in total. The van der Waals surface area contributed by atoms with Crippen molar-refractivity contribution >= 4 is 23.4 Å². The average Bonchev–Trinajstić information content (AvgIpc) is 3.17. The molecular formula is C20H27ClN6. The zero-order chi connectivity index (χ0) is 18.7. The minimum absolute atomic E-state index is 0. The lowest BCUT2D eigenvalue weighted by molar-refractivity contribution is 0.408. The molecule has 0 amide bonds. The van der Waals surface area contributed by atoms with E-state index in [9.17, 15) is 5.26 Å². The average molecular weight is 387 g/mol. The van der Waals surface area contributed by atoms with Crippen molar-refractivity contribution in [3.05, 3.63) is 47.0 Å². The van der Waals surface area contributed by atoms with Crippen LogP contribution in [0.1, 0.15) is 49.6 Å². The first kappa shape index (κ1) is 20.9. The van der Waals surface area contributed by atoms with Crippen molar-refractivity contribution in [1.82, 2.24) is 25.1 Å². The first-order chi connectivity index (χ1) is 12.4. The molecule has 0 bridgehead atoms. The molecule has 0 saturated heterocycles. The Morgan fingerprint density at radius 3 is 2.70 bits per heavy atom. The van der Waals surface area contributed by atoms with Crippen LogP contribution in [0, 0.1) is 18.3 Å². The van der Waals surface area contributed by atoms with Gasteiger partial charge in [-0.1, -0.05) is 0 Å². The summed E-state index contributed by atoms with van der Waals surface area (Å²) in [7, 11) is 0. The fourth-order valence-corrected chi connectivity index (χ4v) is 3.11. The van der Waals surface area contributed by atoms with Crippen LogP contribution in [0.5, 0.6) is 0 Å². The highest BCUT2D eigenvalue weighted by atomic mass is 35.5. The zero-order valence-corrected chi connectivity index (χ0v) is 17.2. The summed E-state index contributed by atoms with van der Waals surface area (Å²) in [6.07, 6.45) is 7.77. The van der Waals surface area contributed by atoms with Crippen molar-refractivity contribution in [2.24, 2.45) is 0 Å². The van der Waals surface area contributed by atoms with Gasteiger partial charge in [0, 0.05) is 35.6 Å². The first-order valence-electron chi connectivity index (χ1n) is 9.00. The summed E-state index contributed by atoms with van der Waals surface area (Å²) in [5.41, 5.74) is 4.96. The van der Waals surface area contributed by atoms with Crippen LogP contribution in [-0.2, 0) is 18.5 Å². The van der Waals surface area contributed by atoms with Gasteiger partial charge in [-0.05, 0) is 64.3 Å². The summed E-state index contributed by atoms with van der Waals surface area (Å²) in [6, 6.07) is 4.38. The smallest absolute Gasteiger partial charge is 0.141 e. The van der Waals surface area contributed by atoms with Crippen LogP contribution in [0.15, 0.2) is 24.7 Å². The number of aromatic nitrogens is 4. The Morgan fingerprint density at radius 1 is 1.30 bits per heavy atom. The van der Waals surface area contributed by atoms with Crippen molar-refractivity contribution in [3.8, 4) is 6.07 Å². The summed E-state index contributed by atoms with van der Waals surface area (Å²) in [6.45, 7) is 10.1. The maximum Gasteiger partial charge on any atom is 0.141 e. The van der Waals surface area contributed by atoms with E-state index in [4.69, 9.17) is 0 Å². The molecule has 3 aromatic heterocycles. The molecule has 144 valence electrons. The second-order valence-electron chi connectivity index (χ2n) is 7.71. The Bertz CT molecular complexity index is 942. The molecule has 2 N–H and O–H groups in total. The highest BCUT2D eigenvalue weighted by Crippen LogP contribution is 2.26. The van der Waals surface area contributed by atoms with Crippen molar-refractivity contribution in [3.63, 3.8) is 0 Å². The van der Waals surface area contributed by atoms with Crippen LogP contribution < -0.4 is 5.32 Å². The van der Waals surface area contributed by atoms with Gasteiger partial charge in [-0.2, -0.15) is 10.4 Å². The van der Waals surface area contributed by atoms with Gasteiger partial charge in [-0.15, -0.1) is 12.4 Å². The molecule has 0 spiro atoms. The second-order valence-corrected chi connectivity index (χ2v) is 7.71. The number of aryl methyl sites for hydroxylation is 2. The molecule has 3 aromatic rings. The van der Waals surface area contributed by atoms with Gasteiger partial charge in [0.1, 0.15) is 11.7 Å². The van der Waals surface area contributed by atoms with Gasteiger partial charge < -0.3 is 9.88 Å². The lowest BCUT2D eigenvalue weighted by Crippen LogP contribution is -2.21. The molecule has 0 aliphatic rings. The molecule has 0 aliphatic heterocycles. The van der Waals surface area contributed by atoms with Crippen molar-refractivity contribution in [2.45, 2.75) is 52.6 Å². The molecule has 0 saturated carbocycles. The molecule has 0 aromatic carbocycles. The molecule has 0 atom stereocenters. The molecule has 3 heterocycles. The summed E-state index contributed by atoms with van der Waals surface area (Å²) in [4.78, 5) is 4.63. The van der Waals surface area contributed by atoms with Gasteiger partial charge in [0.05, 0.1) is 11.8 Å². The predicted octanol–water partition coefficient (Wildman–Crippen LogP) is 3.84. The largest absolute Gasteiger partial charge is 0.326 e. The van der Waals surface area contributed by atoms with Gasteiger partial charge >= 0.3 is 0 Å². The molecular weight excluding hydrogens is 360 g/mol. The topological polar surface area (TPSA) is 82.3 Å². The molecule has 0 aliphatic carbocycles. The van der Waals surface area contributed by atoms with Gasteiger partial charge in [-0.3, -0.25) is 5.10 Å².